The van der Waals surface area contributed by atoms with Crippen molar-refractivity contribution < 1.29 is 14.3 Å². The van der Waals surface area contributed by atoms with Gasteiger partial charge < -0.3 is 20.4 Å². The zero-order valence-electron chi connectivity index (χ0n) is 14.5. The molecular weight excluding hydrogens is 334 g/mol. The number of H-pyrrole nitrogens is 1. The summed E-state index contributed by atoms with van der Waals surface area (Å²) in [4.78, 5) is 35.4. The minimum atomic E-state index is -0.439. The van der Waals surface area contributed by atoms with Crippen molar-refractivity contribution >= 4 is 28.7 Å². The smallest absolute Gasteiger partial charge is 0.340 e. The number of carbonyl (C=O) groups excluding carboxylic acids is 2. The molecule has 2 heterocycles. The van der Waals surface area contributed by atoms with Crippen LogP contribution in [-0.4, -0.2) is 40.1 Å². The molecule has 26 heavy (non-hydrogen) atoms. The van der Waals surface area contributed by atoms with Crippen molar-refractivity contribution in [2.45, 2.75) is 13.8 Å². The number of amides is 2. The molecule has 0 bridgehead atoms. The Morgan fingerprint density at radius 2 is 2.08 bits per heavy atom. The molecule has 8 heteroatoms. The lowest BCUT2D eigenvalue weighted by Crippen LogP contribution is -2.28. The van der Waals surface area contributed by atoms with Crippen LogP contribution in [-0.2, 0) is 4.74 Å². The summed E-state index contributed by atoms with van der Waals surface area (Å²) in [6.07, 6.45) is 2.99. The van der Waals surface area contributed by atoms with Gasteiger partial charge in [0.15, 0.2) is 0 Å². The van der Waals surface area contributed by atoms with Crippen LogP contribution in [0.4, 0.5) is 10.5 Å². The number of ether oxygens (including phenoxy) is 1. The van der Waals surface area contributed by atoms with Crippen molar-refractivity contribution in [3.8, 4) is 11.3 Å². The van der Waals surface area contributed by atoms with E-state index in [4.69, 9.17) is 4.74 Å². The van der Waals surface area contributed by atoms with Crippen LogP contribution in [0.5, 0.6) is 0 Å². The normalized spacial score (nSPS) is 10.5. The maximum Gasteiger partial charge on any atom is 0.340 e. The molecule has 0 saturated heterocycles. The van der Waals surface area contributed by atoms with E-state index < -0.39 is 5.97 Å². The zero-order chi connectivity index (χ0) is 18.5. The van der Waals surface area contributed by atoms with Crippen molar-refractivity contribution in [2.24, 2.45) is 0 Å². The summed E-state index contributed by atoms with van der Waals surface area (Å²) in [5, 5.41) is 6.02. The molecule has 3 N–H and O–H groups in total. The Balaban J connectivity index is 2.04. The number of fused-ring (bicyclic) bond motifs is 1. The second kappa shape index (κ2) is 7.64. The van der Waals surface area contributed by atoms with Crippen LogP contribution < -0.4 is 10.6 Å². The van der Waals surface area contributed by atoms with Crippen LogP contribution in [0.2, 0.25) is 0 Å². The number of carbonyl (C=O) groups is 2. The van der Waals surface area contributed by atoms with Gasteiger partial charge in [0.05, 0.1) is 23.3 Å². The average Bonchev–Trinajstić information content (AvgIpc) is 3.06. The number of esters is 1. The van der Waals surface area contributed by atoms with E-state index in [1.165, 1.54) is 6.33 Å². The number of urea groups is 1. The fourth-order valence-electron chi connectivity index (χ4n) is 2.63. The molecule has 0 spiro atoms. The number of aromatic nitrogens is 3. The van der Waals surface area contributed by atoms with Gasteiger partial charge in [-0.2, -0.15) is 0 Å². The zero-order valence-corrected chi connectivity index (χ0v) is 14.5. The molecule has 0 aliphatic rings. The first-order valence-corrected chi connectivity index (χ1v) is 8.28. The predicted molar refractivity (Wildman–Crippen MR) is 98.0 cm³/mol. The number of hydrogen-bond acceptors (Lipinski definition) is 5. The molecule has 2 aromatic heterocycles. The van der Waals surface area contributed by atoms with Gasteiger partial charge in [0.2, 0.25) is 0 Å². The Morgan fingerprint density at radius 3 is 2.85 bits per heavy atom. The fourth-order valence-corrected chi connectivity index (χ4v) is 2.63. The molecule has 8 nitrogen and oxygen atoms in total. The standard InChI is InChI=1S/C18H19N5O3/c1-3-19-18(25)23-12-7-5-6-11(8-12)15-14-13(17(24)26-4-2)9-20-16(14)22-10-21-15/h5-10H,3-4H2,1-2H3,(H2,19,23,25)(H,20,21,22). The van der Waals surface area contributed by atoms with Crippen molar-refractivity contribution in [2.75, 3.05) is 18.5 Å². The van der Waals surface area contributed by atoms with Gasteiger partial charge in [-0.1, -0.05) is 12.1 Å². The van der Waals surface area contributed by atoms with Crippen LogP contribution in [0.15, 0.2) is 36.8 Å². The first-order chi connectivity index (χ1) is 12.6. The Morgan fingerprint density at radius 1 is 1.23 bits per heavy atom. The lowest BCUT2D eigenvalue weighted by atomic mass is 10.1. The number of nitrogens with zero attached hydrogens (tertiary/aromatic N) is 2. The highest BCUT2D eigenvalue weighted by atomic mass is 16.5. The van der Waals surface area contributed by atoms with Gasteiger partial charge in [-0.3, -0.25) is 0 Å². The molecule has 1 aromatic carbocycles. The highest BCUT2D eigenvalue weighted by Crippen LogP contribution is 2.30. The van der Waals surface area contributed by atoms with Gasteiger partial charge >= 0.3 is 12.0 Å². The summed E-state index contributed by atoms with van der Waals surface area (Å²) in [5.41, 5.74) is 2.86. The van der Waals surface area contributed by atoms with Gasteiger partial charge in [-0.05, 0) is 26.0 Å². The van der Waals surface area contributed by atoms with E-state index in [-0.39, 0.29) is 12.6 Å². The number of hydrogen-bond donors (Lipinski definition) is 3. The Labute approximate surface area is 150 Å². The van der Waals surface area contributed by atoms with E-state index in [1.807, 2.05) is 19.1 Å². The van der Waals surface area contributed by atoms with Crippen LogP contribution in [0.1, 0.15) is 24.2 Å². The highest BCUT2D eigenvalue weighted by molar-refractivity contribution is 6.08. The first kappa shape index (κ1) is 17.4. The molecule has 0 unspecified atom stereocenters. The molecule has 2 amide bonds. The first-order valence-electron chi connectivity index (χ1n) is 8.28. The Bertz CT molecular complexity index is 951. The molecule has 3 aromatic rings. The number of nitrogens with one attached hydrogen (secondary N) is 3. The van der Waals surface area contributed by atoms with E-state index in [0.717, 1.165) is 5.56 Å². The van der Waals surface area contributed by atoms with E-state index in [0.29, 0.717) is 34.5 Å². The molecule has 0 saturated carbocycles. The van der Waals surface area contributed by atoms with Gasteiger partial charge in [-0.25, -0.2) is 19.6 Å². The summed E-state index contributed by atoms with van der Waals surface area (Å²) in [6.45, 7) is 4.40. The molecule has 0 atom stereocenters. The second-order valence-electron chi connectivity index (χ2n) is 5.43. The highest BCUT2D eigenvalue weighted by Gasteiger charge is 2.19. The third-order valence-electron chi connectivity index (χ3n) is 3.70. The van der Waals surface area contributed by atoms with Gasteiger partial charge in [0, 0.05) is 24.0 Å². The SMILES string of the molecule is CCNC(=O)Nc1cccc(-c2ncnc3[nH]cc(C(=O)OCC)c23)c1. The monoisotopic (exact) mass is 353 g/mol. The van der Waals surface area contributed by atoms with Crippen molar-refractivity contribution in [1.29, 1.82) is 0 Å². The summed E-state index contributed by atoms with van der Waals surface area (Å²) in [6, 6.07) is 6.94. The van der Waals surface area contributed by atoms with E-state index in [1.54, 1.807) is 25.3 Å². The van der Waals surface area contributed by atoms with E-state index in [2.05, 4.69) is 25.6 Å². The molecule has 3 rings (SSSR count). The molecule has 134 valence electrons. The van der Waals surface area contributed by atoms with Crippen LogP contribution in [0.3, 0.4) is 0 Å². The largest absolute Gasteiger partial charge is 0.462 e. The quantitative estimate of drug-likeness (QED) is 0.611. The fraction of sp³-hybridized carbons (Fsp3) is 0.222. The predicted octanol–water partition coefficient (Wildman–Crippen LogP) is 2.94. The minimum absolute atomic E-state index is 0.278. The lowest BCUT2D eigenvalue weighted by Gasteiger charge is -2.09. The summed E-state index contributed by atoms with van der Waals surface area (Å²) >= 11 is 0. The van der Waals surface area contributed by atoms with Crippen LogP contribution >= 0.6 is 0 Å². The number of anilines is 1. The van der Waals surface area contributed by atoms with Crippen LogP contribution in [0.25, 0.3) is 22.3 Å². The molecule has 0 aliphatic heterocycles. The summed E-state index contributed by atoms with van der Waals surface area (Å²) < 4.78 is 5.11. The maximum atomic E-state index is 12.2. The number of aromatic amines is 1. The van der Waals surface area contributed by atoms with Crippen molar-refractivity contribution in [3.05, 3.63) is 42.4 Å². The maximum absolute atomic E-state index is 12.2. The molecular formula is C18H19N5O3. The van der Waals surface area contributed by atoms with Crippen molar-refractivity contribution in [1.82, 2.24) is 20.3 Å². The van der Waals surface area contributed by atoms with Gasteiger partial charge in [0.1, 0.15) is 12.0 Å². The topological polar surface area (TPSA) is 109 Å². The molecule has 0 aliphatic carbocycles. The van der Waals surface area contributed by atoms with Gasteiger partial charge in [-0.15, -0.1) is 0 Å². The number of rotatable bonds is 5. The summed E-state index contributed by atoms with van der Waals surface area (Å²) in [7, 11) is 0. The van der Waals surface area contributed by atoms with Crippen molar-refractivity contribution in [3.63, 3.8) is 0 Å². The van der Waals surface area contributed by atoms with Crippen LogP contribution in [0, 0.1) is 0 Å². The molecule has 0 fully saturated rings. The Kier molecular flexibility index (Phi) is 5.12. The average molecular weight is 353 g/mol. The second-order valence-corrected chi connectivity index (χ2v) is 5.43. The Hall–Kier alpha value is -3.42. The molecule has 0 radical (unpaired) electrons. The minimum Gasteiger partial charge on any atom is -0.462 e. The number of benzene rings is 1. The van der Waals surface area contributed by atoms with E-state index in [9.17, 15) is 9.59 Å². The third-order valence-corrected chi connectivity index (χ3v) is 3.70. The summed E-state index contributed by atoms with van der Waals surface area (Å²) in [5.74, 6) is -0.439. The lowest BCUT2D eigenvalue weighted by molar-refractivity contribution is 0.0528. The van der Waals surface area contributed by atoms with Gasteiger partial charge in [0.25, 0.3) is 0 Å². The van der Waals surface area contributed by atoms with E-state index >= 15 is 0 Å². The third kappa shape index (κ3) is 3.49.